The van der Waals surface area contributed by atoms with Crippen LogP contribution in [-0.2, 0) is 20.9 Å². The number of amides is 4. The number of anilines is 1. The van der Waals surface area contributed by atoms with E-state index in [0.717, 1.165) is 4.57 Å². The van der Waals surface area contributed by atoms with E-state index in [1.165, 1.54) is 31.3 Å². The van der Waals surface area contributed by atoms with Crippen LogP contribution in [0.3, 0.4) is 0 Å². The first-order valence-corrected chi connectivity index (χ1v) is 13.2. The molecule has 0 spiro atoms. The summed E-state index contributed by atoms with van der Waals surface area (Å²) in [6.45, 7) is 0.880. The van der Waals surface area contributed by atoms with Crippen molar-refractivity contribution in [3.8, 4) is 5.75 Å². The molecule has 1 aromatic carbocycles. The van der Waals surface area contributed by atoms with Crippen molar-refractivity contribution < 1.29 is 29.0 Å². The largest absolute Gasteiger partial charge is 0.491 e. The van der Waals surface area contributed by atoms with Gasteiger partial charge >= 0.3 is 5.69 Å². The molecule has 8 N–H and O–H groups in total. The smallest absolute Gasteiger partial charge is 0.328 e. The van der Waals surface area contributed by atoms with Gasteiger partial charge in [0, 0.05) is 30.4 Å². The number of nitrogens with two attached hydrogens (primary N) is 1. The van der Waals surface area contributed by atoms with Gasteiger partial charge in [-0.3, -0.25) is 33.5 Å². The van der Waals surface area contributed by atoms with Gasteiger partial charge in [0.2, 0.25) is 17.7 Å². The molecular formula is C26H35N7O8. The number of aromatic nitrogens is 2. The van der Waals surface area contributed by atoms with Gasteiger partial charge in [-0.15, -0.1) is 0 Å². The summed E-state index contributed by atoms with van der Waals surface area (Å²) >= 11 is 0. The van der Waals surface area contributed by atoms with E-state index in [9.17, 15) is 33.9 Å². The Morgan fingerprint density at radius 3 is 2.68 bits per heavy atom. The molecule has 2 atom stereocenters. The van der Waals surface area contributed by atoms with Gasteiger partial charge in [-0.1, -0.05) is 6.42 Å². The van der Waals surface area contributed by atoms with Crippen molar-refractivity contribution in [3.05, 3.63) is 56.4 Å². The number of hydrogen-bond acceptors (Lipinski definition) is 9. The first kappa shape index (κ1) is 31.0. The number of nitrogens with one attached hydrogen (secondary N) is 5. The summed E-state index contributed by atoms with van der Waals surface area (Å²) in [5.41, 5.74) is 4.86. The zero-order valence-corrected chi connectivity index (χ0v) is 22.7. The van der Waals surface area contributed by atoms with Gasteiger partial charge < -0.3 is 36.8 Å². The Bertz CT molecular complexity index is 1390. The standard InChI is InChI=1S/C26H35N7O8/c1-15-11-33(26(40)32-23(15)37)12-22(36)29-16-5-6-20-18(10-16)24(38)28-9-7-21(35)31-19(13-34)25(39)30-17(14-41-20)4-2-3-8-27/h5-6,10-11,17,19,34H,2-4,7-9,12-14,27H2,1H3,(H,28,38)(H,29,36)(H,30,39)(H,31,35)(H,32,37,40)/t17?,19-/m0/s1. The molecule has 0 radical (unpaired) electrons. The van der Waals surface area contributed by atoms with Crippen LogP contribution in [0.2, 0.25) is 0 Å². The molecule has 222 valence electrons. The molecule has 15 heteroatoms. The molecule has 0 aliphatic carbocycles. The summed E-state index contributed by atoms with van der Waals surface area (Å²) in [7, 11) is 0. The van der Waals surface area contributed by atoms with Crippen molar-refractivity contribution in [2.45, 2.75) is 51.2 Å². The lowest BCUT2D eigenvalue weighted by atomic mass is 10.1. The minimum absolute atomic E-state index is 0.0249. The second kappa shape index (κ2) is 14.8. The van der Waals surface area contributed by atoms with Crippen LogP contribution in [0.5, 0.6) is 5.75 Å². The van der Waals surface area contributed by atoms with Crippen LogP contribution in [0.4, 0.5) is 5.69 Å². The molecule has 0 bridgehead atoms. The van der Waals surface area contributed by atoms with Crippen LogP contribution >= 0.6 is 0 Å². The number of rotatable bonds is 8. The number of H-pyrrole nitrogens is 1. The number of aromatic amines is 1. The van der Waals surface area contributed by atoms with Gasteiger partial charge in [0.25, 0.3) is 11.5 Å². The topological polar surface area (TPSA) is 227 Å². The Morgan fingerprint density at radius 1 is 1.17 bits per heavy atom. The van der Waals surface area contributed by atoms with Crippen LogP contribution in [0.1, 0.15) is 41.6 Å². The fourth-order valence-electron chi connectivity index (χ4n) is 4.07. The van der Waals surface area contributed by atoms with Crippen LogP contribution in [0.25, 0.3) is 0 Å². The molecule has 2 heterocycles. The third-order valence-corrected chi connectivity index (χ3v) is 6.28. The fourth-order valence-corrected chi connectivity index (χ4v) is 4.07. The number of unbranched alkanes of at least 4 members (excludes halogenated alkanes) is 1. The number of fused-ring (bicyclic) bond motifs is 1. The van der Waals surface area contributed by atoms with Crippen LogP contribution < -0.4 is 43.0 Å². The SMILES string of the molecule is Cc1cn(CC(=O)Nc2ccc3c(c2)C(=O)NCCC(=O)N[C@@H](CO)C(=O)NC(CCCCN)CO3)c(=O)[nH]c1=O. The molecule has 1 aromatic heterocycles. The highest BCUT2D eigenvalue weighted by Crippen LogP contribution is 2.24. The highest BCUT2D eigenvalue weighted by Gasteiger charge is 2.24. The zero-order valence-electron chi connectivity index (χ0n) is 22.7. The number of benzene rings is 1. The molecule has 1 aliphatic rings. The second-order valence-electron chi connectivity index (χ2n) is 9.57. The van der Waals surface area contributed by atoms with E-state index >= 15 is 0 Å². The zero-order chi connectivity index (χ0) is 29.9. The summed E-state index contributed by atoms with van der Waals surface area (Å²) in [5, 5.41) is 20.1. The number of aliphatic hydroxyl groups is 1. The van der Waals surface area contributed by atoms with Gasteiger partial charge in [-0.2, -0.15) is 0 Å². The van der Waals surface area contributed by atoms with Crippen molar-refractivity contribution in [1.82, 2.24) is 25.5 Å². The lowest BCUT2D eigenvalue weighted by Gasteiger charge is -2.24. The van der Waals surface area contributed by atoms with Crippen molar-refractivity contribution >= 4 is 29.3 Å². The van der Waals surface area contributed by atoms with E-state index in [1.807, 2.05) is 0 Å². The number of aryl methyl sites for hydroxylation is 1. The number of carbonyl (C=O) groups is 4. The summed E-state index contributed by atoms with van der Waals surface area (Å²) in [5.74, 6) is -2.10. The third-order valence-electron chi connectivity index (χ3n) is 6.28. The predicted octanol–water partition coefficient (Wildman–Crippen LogP) is -1.91. The monoisotopic (exact) mass is 573 g/mol. The third kappa shape index (κ3) is 9.01. The predicted molar refractivity (Wildman–Crippen MR) is 147 cm³/mol. The molecule has 41 heavy (non-hydrogen) atoms. The van der Waals surface area contributed by atoms with E-state index in [4.69, 9.17) is 10.5 Å². The van der Waals surface area contributed by atoms with Crippen molar-refractivity contribution in [1.29, 1.82) is 0 Å². The van der Waals surface area contributed by atoms with Crippen molar-refractivity contribution in [2.75, 3.05) is 31.6 Å². The minimum atomic E-state index is -1.16. The molecule has 0 saturated heterocycles. The Balaban J connectivity index is 1.83. The van der Waals surface area contributed by atoms with Gasteiger partial charge in [-0.25, -0.2) is 4.79 Å². The first-order valence-electron chi connectivity index (χ1n) is 13.2. The Hall–Kier alpha value is -4.50. The Labute approximate surface area is 234 Å². The molecule has 4 amide bonds. The van der Waals surface area contributed by atoms with Gasteiger partial charge in [-0.05, 0) is 44.5 Å². The van der Waals surface area contributed by atoms with E-state index in [1.54, 1.807) is 0 Å². The quantitative estimate of drug-likeness (QED) is 0.175. The Kier molecular flexibility index (Phi) is 11.2. The minimum Gasteiger partial charge on any atom is -0.491 e. The van der Waals surface area contributed by atoms with E-state index in [2.05, 4.69) is 26.3 Å². The first-order chi connectivity index (χ1) is 19.6. The molecular weight excluding hydrogens is 538 g/mol. The maximum Gasteiger partial charge on any atom is 0.328 e. The molecule has 2 aromatic rings. The van der Waals surface area contributed by atoms with Crippen molar-refractivity contribution in [2.24, 2.45) is 5.73 Å². The van der Waals surface area contributed by atoms with Gasteiger partial charge in [0.15, 0.2) is 0 Å². The van der Waals surface area contributed by atoms with Crippen molar-refractivity contribution in [3.63, 3.8) is 0 Å². The lowest BCUT2D eigenvalue weighted by Crippen LogP contribution is -2.53. The summed E-state index contributed by atoms with van der Waals surface area (Å²) in [6.07, 6.45) is 2.99. The maximum atomic E-state index is 13.1. The second-order valence-corrected chi connectivity index (χ2v) is 9.57. The fraction of sp³-hybridized carbons (Fsp3) is 0.462. The molecule has 1 aliphatic heterocycles. The van der Waals surface area contributed by atoms with E-state index < -0.39 is 53.6 Å². The highest BCUT2D eigenvalue weighted by atomic mass is 16.5. The van der Waals surface area contributed by atoms with E-state index in [0.29, 0.717) is 25.8 Å². The lowest BCUT2D eigenvalue weighted by molar-refractivity contribution is -0.130. The molecule has 0 saturated carbocycles. The highest BCUT2D eigenvalue weighted by molar-refractivity contribution is 5.99. The molecule has 15 nitrogen and oxygen atoms in total. The summed E-state index contributed by atoms with van der Waals surface area (Å²) in [4.78, 5) is 76.5. The van der Waals surface area contributed by atoms with Crippen LogP contribution in [0.15, 0.2) is 34.0 Å². The molecule has 3 rings (SSSR count). The van der Waals surface area contributed by atoms with Crippen LogP contribution in [0, 0.1) is 6.92 Å². The van der Waals surface area contributed by atoms with Crippen LogP contribution in [-0.4, -0.2) is 76.7 Å². The number of carbonyl (C=O) groups excluding carboxylic acids is 4. The Morgan fingerprint density at radius 2 is 1.95 bits per heavy atom. The van der Waals surface area contributed by atoms with Gasteiger partial charge in [0.05, 0.1) is 18.2 Å². The average Bonchev–Trinajstić information content (AvgIpc) is 2.93. The number of aliphatic hydroxyl groups excluding tert-OH is 1. The average molecular weight is 574 g/mol. The number of ether oxygens (including phenoxy) is 1. The normalized spacial score (nSPS) is 18.2. The van der Waals surface area contributed by atoms with E-state index in [-0.39, 0.29) is 48.7 Å². The molecule has 0 fully saturated rings. The molecule has 1 unspecified atom stereocenters. The number of nitrogens with zero attached hydrogens (tertiary/aromatic N) is 1. The maximum absolute atomic E-state index is 13.1. The summed E-state index contributed by atoms with van der Waals surface area (Å²) in [6, 6.07) is 2.70. The number of hydrogen-bond donors (Lipinski definition) is 7. The summed E-state index contributed by atoms with van der Waals surface area (Å²) < 4.78 is 6.98. The van der Waals surface area contributed by atoms with Gasteiger partial charge in [0.1, 0.15) is 24.9 Å².